The van der Waals surface area contributed by atoms with Gasteiger partial charge in [-0.05, 0) is 67.4 Å². The summed E-state index contributed by atoms with van der Waals surface area (Å²) in [4.78, 5) is 25.0. The molecular weight excluding hydrogens is 443 g/mol. The van der Waals surface area contributed by atoms with Crippen LogP contribution in [0.25, 0.3) is 0 Å². The highest BCUT2D eigenvalue weighted by Crippen LogP contribution is 2.23. The predicted molar refractivity (Wildman–Crippen MR) is 115 cm³/mol. The monoisotopic (exact) mass is 462 g/mol. The van der Waals surface area contributed by atoms with Crippen LogP contribution in [-0.2, 0) is 27.7 Å². The molecule has 0 aliphatic rings. The number of carbonyl (C=O) groups is 1. The molecule has 162 valence electrons. The van der Waals surface area contributed by atoms with E-state index in [1.807, 2.05) is 0 Å². The third kappa shape index (κ3) is 5.03. The Balaban J connectivity index is 1.90. The Morgan fingerprint density at radius 2 is 1.68 bits per heavy atom. The van der Waals surface area contributed by atoms with Gasteiger partial charge in [-0.25, -0.2) is 12.8 Å². The van der Waals surface area contributed by atoms with Gasteiger partial charge in [0, 0.05) is 17.3 Å². The molecule has 0 saturated carbocycles. The maximum absolute atomic E-state index is 13.1. The number of nitrogens with one attached hydrogen (secondary N) is 1. The van der Waals surface area contributed by atoms with Crippen LogP contribution < -0.4 is 10.9 Å². The van der Waals surface area contributed by atoms with Crippen molar-refractivity contribution in [2.45, 2.75) is 36.7 Å². The fourth-order valence-electron chi connectivity index (χ4n) is 3.17. The average Bonchev–Trinajstić information content (AvgIpc) is 2.70. The molecule has 0 unspecified atom stereocenters. The molecule has 1 amide bonds. The highest BCUT2D eigenvalue weighted by atomic mass is 35.5. The molecule has 31 heavy (non-hydrogen) atoms. The first kappa shape index (κ1) is 22.7. The predicted octanol–water partition coefficient (Wildman–Crippen LogP) is 3.41. The topological polar surface area (TPSA) is 85.2 Å². The third-order valence-corrected chi connectivity index (χ3v) is 6.92. The molecule has 0 fully saturated rings. The number of amides is 1. The fraction of sp³-hybridized carbons (Fsp3) is 0.182. The molecule has 9 heteroatoms. The summed E-state index contributed by atoms with van der Waals surface area (Å²) in [5.74, 6) is -0.862. The maximum Gasteiger partial charge on any atom is 0.270 e. The summed E-state index contributed by atoms with van der Waals surface area (Å²) in [7, 11) is -4.11. The van der Waals surface area contributed by atoms with Gasteiger partial charge in [0.05, 0.1) is 4.90 Å². The minimum Gasteiger partial charge on any atom is -0.350 e. The quantitative estimate of drug-likeness (QED) is 0.608. The van der Waals surface area contributed by atoms with E-state index < -0.39 is 21.3 Å². The summed E-state index contributed by atoms with van der Waals surface area (Å²) in [6, 6.07) is 12.7. The third-order valence-electron chi connectivity index (χ3n) is 4.75. The lowest BCUT2D eigenvalue weighted by molar-refractivity contribution is -0.121. The Kier molecular flexibility index (Phi) is 6.62. The van der Waals surface area contributed by atoms with Gasteiger partial charge < -0.3 is 9.88 Å². The summed E-state index contributed by atoms with van der Waals surface area (Å²) in [6.07, 6.45) is 0. The van der Waals surface area contributed by atoms with Crippen molar-refractivity contribution >= 4 is 27.3 Å². The van der Waals surface area contributed by atoms with Crippen molar-refractivity contribution in [3.05, 3.63) is 92.6 Å². The Morgan fingerprint density at radius 1 is 1.06 bits per heavy atom. The molecule has 1 N–H and O–H groups in total. The van der Waals surface area contributed by atoms with E-state index in [0.717, 1.165) is 4.57 Å². The zero-order valence-electron chi connectivity index (χ0n) is 16.9. The van der Waals surface area contributed by atoms with E-state index >= 15 is 0 Å². The number of benzene rings is 2. The molecule has 0 bridgehead atoms. The number of aromatic nitrogens is 1. The number of rotatable bonds is 6. The Morgan fingerprint density at radius 3 is 2.29 bits per heavy atom. The molecule has 0 aliphatic carbocycles. The minimum atomic E-state index is -4.11. The van der Waals surface area contributed by atoms with Gasteiger partial charge >= 0.3 is 0 Å². The standard InChI is InChI=1S/C22H20ClFN2O4S/c1-14-11-15(2)26(13-20(27)25-12-16-3-7-18(24)8-4-16)22(28)21(14)31(29,30)19-9-5-17(23)6-10-19/h3-11H,12-13H2,1-2H3,(H,25,27). The number of sulfone groups is 1. The first-order valence-electron chi connectivity index (χ1n) is 9.32. The molecule has 6 nitrogen and oxygen atoms in total. The highest BCUT2D eigenvalue weighted by molar-refractivity contribution is 7.91. The normalized spacial score (nSPS) is 11.4. The summed E-state index contributed by atoms with van der Waals surface area (Å²) in [5, 5.41) is 3.02. The number of nitrogens with zero attached hydrogens (tertiary/aromatic N) is 1. The fourth-order valence-corrected chi connectivity index (χ4v) is 4.84. The van der Waals surface area contributed by atoms with Gasteiger partial charge in [0.15, 0.2) is 0 Å². The molecule has 1 aromatic heterocycles. The molecule has 0 spiro atoms. The van der Waals surface area contributed by atoms with Crippen molar-refractivity contribution in [3.8, 4) is 0 Å². The molecule has 0 aliphatic heterocycles. The van der Waals surface area contributed by atoms with Crippen LogP contribution in [0.5, 0.6) is 0 Å². The zero-order valence-corrected chi connectivity index (χ0v) is 18.4. The van der Waals surface area contributed by atoms with Crippen LogP contribution in [0.2, 0.25) is 5.02 Å². The van der Waals surface area contributed by atoms with Crippen molar-refractivity contribution in [3.63, 3.8) is 0 Å². The summed E-state index contributed by atoms with van der Waals surface area (Å²) in [5.41, 5.74) is 0.660. The lowest BCUT2D eigenvalue weighted by atomic mass is 10.2. The van der Waals surface area contributed by atoms with Gasteiger partial charge in [0.2, 0.25) is 15.7 Å². The van der Waals surface area contributed by atoms with E-state index in [9.17, 15) is 22.4 Å². The lowest BCUT2D eigenvalue weighted by Gasteiger charge is -2.15. The van der Waals surface area contributed by atoms with Crippen molar-refractivity contribution < 1.29 is 17.6 Å². The maximum atomic E-state index is 13.1. The van der Waals surface area contributed by atoms with Gasteiger partial charge in [-0.3, -0.25) is 9.59 Å². The van der Waals surface area contributed by atoms with Gasteiger partial charge in [0.25, 0.3) is 5.56 Å². The smallest absolute Gasteiger partial charge is 0.270 e. The average molecular weight is 463 g/mol. The number of hydrogen-bond donors (Lipinski definition) is 1. The van der Waals surface area contributed by atoms with Crippen molar-refractivity contribution in [1.29, 1.82) is 0 Å². The van der Waals surface area contributed by atoms with Gasteiger partial charge in [-0.1, -0.05) is 23.7 Å². The van der Waals surface area contributed by atoms with Crippen molar-refractivity contribution in [2.24, 2.45) is 0 Å². The van der Waals surface area contributed by atoms with Crippen LogP contribution in [-0.4, -0.2) is 18.9 Å². The Labute approximate surface area is 184 Å². The van der Waals surface area contributed by atoms with Crippen LogP contribution >= 0.6 is 11.6 Å². The summed E-state index contributed by atoms with van der Waals surface area (Å²) >= 11 is 5.83. The number of hydrogen-bond acceptors (Lipinski definition) is 4. The van der Waals surface area contributed by atoms with E-state index in [2.05, 4.69) is 5.32 Å². The molecular formula is C22H20ClFN2O4S. The Bertz CT molecular complexity index is 1280. The number of aryl methyl sites for hydroxylation is 2. The second-order valence-corrected chi connectivity index (χ2v) is 9.37. The number of carbonyl (C=O) groups excluding carboxylic acids is 1. The summed E-state index contributed by atoms with van der Waals surface area (Å²) < 4.78 is 40.3. The molecule has 0 saturated heterocycles. The van der Waals surface area contributed by atoms with Crippen LogP contribution in [0.3, 0.4) is 0 Å². The molecule has 0 atom stereocenters. The van der Waals surface area contributed by atoms with Crippen LogP contribution in [0, 0.1) is 19.7 Å². The number of pyridine rings is 1. The minimum absolute atomic E-state index is 0.0618. The van der Waals surface area contributed by atoms with Crippen LogP contribution in [0.1, 0.15) is 16.8 Å². The molecule has 3 aromatic rings. The van der Waals surface area contributed by atoms with Crippen LogP contribution in [0.15, 0.2) is 69.2 Å². The van der Waals surface area contributed by atoms with Gasteiger partial charge in [-0.15, -0.1) is 0 Å². The van der Waals surface area contributed by atoms with E-state index in [1.54, 1.807) is 13.0 Å². The van der Waals surface area contributed by atoms with Crippen molar-refractivity contribution in [2.75, 3.05) is 0 Å². The first-order chi connectivity index (χ1) is 14.6. The SMILES string of the molecule is Cc1cc(C)n(CC(=O)NCc2ccc(F)cc2)c(=O)c1S(=O)(=O)c1ccc(Cl)cc1. The summed E-state index contributed by atoms with van der Waals surface area (Å²) in [6.45, 7) is 2.96. The van der Waals surface area contributed by atoms with Crippen molar-refractivity contribution in [1.82, 2.24) is 9.88 Å². The largest absolute Gasteiger partial charge is 0.350 e. The van der Waals surface area contributed by atoms with E-state index in [-0.39, 0.29) is 28.7 Å². The first-order valence-corrected chi connectivity index (χ1v) is 11.2. The lowest BCUT2D eigenvalue weighted by Crippen LogP contribution is -2.35. The molecule has 1 heterocycles. The second-order valence-electron chi connectivity index (χ2n) is 7.05. The van der Waals surface area contributed by atoms with Gasteiger partial charge in [-0.2, -0.15) is 0 Å². The zero-order chi connectivity index (χ0) is 22.8. The Hall–Kier alpha value is -2.97. The van der Waals surface area contributed by atoms with Crippen LogP contribution in [0.4, 0.5) is 4.39 Å². The molecule has 0 radical (unpaired) electrons. The van der Waals surface area contributed by atoms with Gasteiger partial charge in [0.1, 0.15) is 17.3 Å². The second kappa shape index (κ2) is 9.03. The molecule has 3 rings (SSSR count). The molecule has 2 aromatic carbocycles. The van der Waals surface area contributed by atoms with E-state index in [4.69, 9.17) is 11.6 Å². The highest BCUT2D eigenvalue weighted by Gasteiger charge is 2.26. The van der Waals surface area contributed by atoms with E-state index in [0.29, 0.717) is 21.8 Å². The number of halogens is 2. The van der Waals surface area contributed by atoms with E-state index in [1.165, 1.54) is 55.5 Å².